The van der Waals surface area contributed by atoms with Gasteiger partial charge in [0.15, 0.2) is 6.04 Å². The van der Waals surface area contributed by atoms with Crippen LogP contribution < -0.4 is 21.3 Å². The first-order valence-electron chi connectivity index (χ1n) is 13.0. The van der Waals surface area contributed by atoms with E-state index in [1.165, 1.54) is 44.9 Å². The molecule has 7 N–H and O–H groups in total. The number of likely N-dealkylation sites (N-methyl/N-ethyl adjacent to an activating group) is 1. The number of nitrogens with one attached hydrogen (secondary N) is 4. The lowest BCUT2D eigenvalue weighted by atomic mass is 10.1. The van der Waals surface area contributed by atoms with Gasteiger partial charge in [-0.25, -0.2) is 4.79 Å². The Kier molecular flexibility index (Phi) is 21.6. The molecule has 0 aromatic heterocycles. The molecular weight excluding hydrogens is 440 g/mol. The summed E-state index contributed by atoms with van der Waals surface area (Å²) in [5, 5.41) is 39.4. The quantitative estimate of drug-likeness (QED) is 0.0446. The van der Waals surface area contributed by atoms with Gasteiger partial charge in [0.25, 0.3) is 0 Å². The second kappa shape index (κ2) is 22.3. The first-order valence-corrected chi connectivity index (χ1v) is 13.0. The van der Waals surface area contributed by atoms with Gasteiger partial charge >= 0.3 is 11.9 Å². The maximum Gasteiger partial charge on any atom is 0.335 e. The van der Waals surface area contributed by atoms with Gasteiger partial charge in [-0.05, 0) is 13.5 Å². The van der Waals surface area contributed by atoms with Gasteiger partial charge in [-0.2, -0.15) is 0 Å². The van der Waals surface area contributed by atoms with Crippen molar-refractivity contribution in [2.75, 3.05) is 46.5 Å². The SMILES string of the molecule is CCCCCCCCCCCCCC(=O)OC(=O)C(NCCO)C(NC)(NCCO)NCCO. The van der Waals surface area contributed by atoms with Crippen LogP contribution in [0.1, 0.15) is 84.0 Å². The van der Waals surface area contributed by atoms with E-state index in [1.807, 2.05) is 0 Å². The number of ether oxygens (including phenoxy) is 1. The van der Waals surface area contributed by atoms with Crippen molar-refractivity contribution in [1.82, 2.24) is 21.3 Å². The molecule has 0 rings (SSSR count). The molecule has 34 heavy (non-hydrogen) atoms. The zero-order valence-corrected chi connectivity index (χ0v) is 21.4. The van der Waals surface area contributed by atoms with Crippen LogP contribution in [-0.4, -0.2) is 85.6 Å². The topological polar surface area (TPSA) is 152 Å². The van der Waals surface area contributed by atoms with Gasteiger partial charge < -0.3 is 20.1 Å². The van der Waals surface area contributed by atoms with E-state index in [0.29, 0.717) is 6.42 Å². The summed E-state index contributed by atoms with van der Waals surface area (Å²) in [7, 11) is 1.59. The second-order valence-electron chi connectivity index (χ2n) is 8.55. The first kappa shape index (κ1) is 32.9. The minimum atomic E-state index is -1.31. The maximum absolute atomic E-state index is 12.9. The van der Waals surface area contributed by atoms with E-state index in [2.05, 4.69) is 28.2 Å². The molecular formula is C24H50N4O6. The Labute approximate surface area is 205 Å². The second-order valence-corrected chi connectivity index (χ2v) is 8.55. The third-order valence-corrected chi connectivity index (χ3v) is 5.75. The lowest BCUT2D eigenvalue weighted by Gasteiger charge is -2.41. The van der Waals surface area contributed by atoms with Crippen molar-refractivity contribution >= 4 is 11.9 Å². The summed E-state index contributed by atoms with van der Waals surface area (Å²) < 4.78 is 5.10. The van der Waals surface area contributed by atoms with Crippen LogP contribution in [0.3, 0.4) is 0 Å². The van der Waals surface area contributed by atoms with Crippen molar-refractivity contribution in [1.29, 1.82) is 0 Å². The van der Waals surface area contributed by atoms with Crippen LogP contribution in [0.15, 0.2) is 0 Å². The number of rotatable bonds is 24. The van der Waals surface area contributed by atoms with Gasteiger partial charge in [0.2, 0.25) is 0 Å². The average Bonchev–Trinajstić information content (AvgIpc) is 2.84. The average molecular weight is 491 g/mol. The van der Waals surface area contributed by atoms with E-state index in [0.717, 1.165) is 19.3 Å². The van der Waals surface area contributed by atoms with Crippen molar-refractivity contribution in [3.8, 4) is 0 Å². The molecule has 0 radical (unpaired) electrons. The van der Waals surface area contributed by atoms with Gasteiger partial charge in [-0.1, -0.05) is 71.1 Å². The summed E-state index contributed by atoms with van der Waals surface area (Å²) >= 11 is 0. The normalized spacial score (nSPS) is 12.6. The lowest BCUT2D eigenvalue weighted by Crippen LogP contribution is -2.77. The summed E-state index contributed by atoms with van der Waals surface area (Å²) in [6.07, 6.45) is 13.0. The first-order chi connectivity index (χ1) is 16.5. The van der Waals surface area contributed by atoms with Crippen molar-refractivity contribution in [3.63, 3.8) is 0 Å². The summed E-state index contributed by atoms with van der Waals surface area (Å²) in [5.74, 6) is -2.72. The number of aliphatic hydroxyl groups excluding tert-OH is 3. The van der Waals surface area contributed by atoms with E-state index < -0.39 is 23.8 Å². The van der Waals surface area contributed by atoms with E-state index in [9.17, 15) is 24.9 Å². The van der Waals surface area contributed by atoms with Crippen molar-refractivity contribution in [2.45, 2.75) is 95.8 Å². The Morgan fingerprint density at radius 2 is 1.24 bits per heavy atom. The molecule has 0 heterocycles. The fraction of sp³-hybridized carbons (Fsp3) is 0.917. The largest absolute Gasteiger partial charge is 0.395 e. The third kappa shape index (κ3) is 15.0. The molecule has 0 aromatic carbocycles. The highest BCUT2D eigenvalue weighted by atomic mass is 16.6. The molecule has 202 valence electrons. The van der Waals surface area contributed by atoms with Crippen LogP contribution in [0, 0.1) is 0 Å². The fourth-order valence-electron chi connectivity index (χ4n) is 3.87. The van der Waals surface area contributed by atoms with E-state index >= 15 is 0 Å². The van der Waals surface area contributed by atoms with E-state index in [4.69, 9.17) is 4.74 Å². The molecule has 0 fully saturated rings. The number of esters is 2. The third-order valence-electron chi connectivity index (χ3n) is 5.75. The molecule has 0 aromatic rings. The number of unbranched alkanes of at least 4 members (excludes halogenated alkanes) is 10. The van der Waals surface area contributed by atoms with Crippen LogP contribution in [0.5, 0.6) is 0 Å². The van der Waals surface area contributed by atoms with Gasteiger partial charge in [-0.3, -0.25) is 26.1 Å². The van der Waals surface area contributed by atoms with Crippen molar-refractivity contribution in [2.24, 2.45) is 0 Å². The Balaban J connectivity index is 4.54. The maximum atomic E-state index is 12.9. The minimum absolute atomic E-state index is 0.0810. The zero-order valence-electron chi connectivity index (χ0n) is 21.4. The number of aliphatic hydroxyl groups is 3. The molecule has 0 saturated heterocycles. The van der Waals surface area contributed by atoms with Gasteiger partial charge in [-0.15, -0.1) is 0 Å². The van der Waals surface area contributed by atoms with Crippen LogP contribution in [0.25, 0.3) is 0 Å². The number of hydrogen-bond acceptors (Lipinski definition) is 10. The van der Waals surface area contributed by atoms with Crippen LogP contribution in [-0.2, 0) is 14.3 Å². The van der Waals surface area contributed by atoms with Crippen molar-refractivity contribution < 1.29 is 29.6 Å². The molecule has 0 aliphatic heterocycles. The Hall–Kier alpha value is -1.14. The molecule has 0 amide bonds. The summed E-state index contributed by atoms with van der Waals surface area (Å²) in [6, 6.07) is -1.11. The van der Waals surface area contributed by atoms with Crippen molar-refractivity contribution in [3.05, 3.63) is 0 Å². The molecule has 0 aliphatic rings. The summed E-state index contributed by atoms with van der Waals surface area (Å²) in [6.45, 7) is 1.97. The van der Waals surface area contributed by atoms with Crippen LogP contribution >= 0.6 is 0 Å². The minimum Gasteiger partial charge on any atom is -0.395 e. The Bertz CT molecular complexity index is 502. The highest BCUT2D eigenvalue weighted by molar-refractivity contribution is 5.89. The van der Waals surface area contributed by atoms with Gasteiger partial charge in [0, 0.05) is 26.1 Å². The molecule has 1 atom stereocenters. The molecule has 1 unspecified atom stereocenters. The van der Waals surface area contributed by atoms with E-state index in [1.54, 1.807) is 7.05 Å². The number of carbonyl (C=O) groups excluding carboxylic acids is 2. The highest BCUT2D eigenvalue weighted by Gasteiger charge is 2.43. The molecule has 10 nitrogen and oxygen atoms in total. The van der Waals surface area contributed by atoms with E-state index in [-0.39, 0.29) is 45.9 Å². The lowest BCUT2D eigenvalue weighted by molar-refractivity contribution is -0.163. The molecule has 0 aliphatic carbocycles. The van der Waals surface area contributed by atoms with Gasteiger partial charge in [0.1, 0.15) is 5.79 Å². The number of hydrogen-bond donors (Lipinski definition) is 7. The van der Waals surface area contributed by atoms with Crippen LogP contribution in [0.2, 0.25) is 0 Å². The Morgan fingerprint density at radius 3 is 1.68 bits per heavy atom. The molecule has 10 heteroatoms. The predicted molar refractivity (Wildman–Crippen MR) is 133 cm³/mol. The molecule has 0 bridgehead atoms. The predicted octanol–water partition coefficient (Wildman–Crippen LogP) is 0.745. The molecule has 0 spiro atoms. The van der Waals surface area contributed by atoms with Gasteiger partial charge in [0.05, 0.1) is 19.8 Å². The molecule has 0 saturated carbocycles. The summed E-state index contributed by atoms with van der Waals surface area (Å²) in [4.78, 5) is 25.1. The Morgan fingerprint density at radius 1 is 0.765 bits per heavy atom. The highest BCUT2D eigenvalue weighted by Crippen LogP contribution is 2.13. The zero-order chi connectivity index (χ0) is 25.5. The fourth-order valence-corrected chi connectivity index (χ4v) is 3.87. The summed E-state index contributed by atoms with van der Waals surface area (Å²) in [5.41, 5.74) is 0. The smallest absolute Gasteiger partial charge is 0.335 e. The number of carbonyl (C=O) groups is 2. The standard InChI is InChI=1S/C24H50N4O6/c1-3-4-5-6-7-8-9-10-11-12-13-14-21(32)34-23(33)22(26-15-18-29)24(25-2,27-16-19-30)28-17-20-31/h22,25-31H,3-20H2,1-2H3. The van der Waals surface area contributed by atoms with Crippen LogP contribution in [0.4, 0.5) is 0 Å². The monoisotopic (exact) mass is 490 g/mol.